The Kier molecular flexibility index (Phi) is 4.90. The average molecular weight is 402 g/mol. The molecule has 0 spiro atoms. The van der Waals surface area contributed by atoms with E-state index in [0.29, 0.717) is 37.6 Å². The zero-order chi connectivity index (χ0) is 20.7. The molecule has 2 aliphatic rings. The summed E-state index contributed by atoms with van der Waals surface area (Å²) in [5, 5.41) is 23.0. The maximum atomic E-state index is 9.76. The van der Waals surface area contributed by atoms with Crippen LogP contribution in [0.3, 0.4) is 0 Å². The Balaban J connectivity index is 1.52. The highest BCUT2D eigenvalue weighted by Crippen LogP contribution is 2.38. The fourth-order valence-corrected chi connectivity index (χ4v) is 4.28. The van der Waals surface area contributed by atoms with Gasteiger partial charge in [0.05, 0.1) is 18.9 Å². The first-order chi connectivity index (χ1) is 14.6. The minimum Gasteiger partial charge on any atom is -0.423 e. The van der Waals surface area contributed by atoms with Crippen molar-refractivity contribution in [3.8, 4) is 0 Å². The Morgan fingerprint density at radius 2 is 1.90 bits per heavy atom. The summed E-state index contributed by atoms with van der Waals surface area (Å²) in [6.07, 6.45) is 0.701. The molecule has 3 aromatic rings. The van der Waals surface area contributed by atoms with Crippen LogP contribution in [0.1, 0.15) is 29.3 Å². The molecule has 0 fully saturated rings. The van der Waals surface area contributed by atoms with Gasteiger partial charge in [-0.15, -0.1) is 0 Å². The van der Waals surface area contributed by atoms with Crippen LogP contribution in [-0.2, 0) is 30.9 Å². The Labute approximate surface area is 175 Å². The highest BCUT2D eigenvalue weighted by Gasteiger charge is 2.34. The summed E-state index contributed by atoms with van der Waals surface area (Å²) in [6.45, 7) is 3.73. The summed E-state index contributed by atoms with van der Waals surface area (Å²) in [6, 6.07) is 15.9. The highest BCUT2D eigenvalue weighted by atomic mass is 16.5. The molecule has 152 valence electrons. The number of rotatable bonds is 5. The number of aromatic nitrogens is 2. The summed E-state index contributed by atoms with van der Waals surface area (Å²) >= 11 is 0. The van der Waals surface area contributed by atoms with Crippen molar-refractivity contribution in [1.29, 1.82) is 0 Å². The maximum Gasteiger partial charge on any atom is 0.488 e. The lowest BCUT2D eigenvalue weighted by atomic mass is 9.76. The summed E-state index contributed by atoms with van der Waals surface area (Å²) in [5.74, 6) is 1.39. The van der Waals surface area contributed by atoms with E-state index in [0.717, 1.165) is 28.3 Å². The van der Waals surface area contributed by atoms with Gasteiger partial charge in [0, 0.05) is 23.8 Å². The van der Waals surface area contributed by atoms with Gasteiger partial charge < -0.3 is 25.0 Å². The number of hydrogen-bond donors (Lipinski definition) is 3. The molecular formula is C22H23BN4O3. The van der Waals surface area contributed by atoms with Crippen molar-refractivity contribution in [1.82, 2.24) is 9.97 Å². The van der Waals surface area contributed by atoms with Gasteiger partial charge in [-0.25, -0.2) is 4.98 Å². The molecule has 2 aliphatic heterocycles. The van der Waals surface area contributed by atoms with E-state index in [4.69, 9.17) is 14.7 Å². The standard InChI is InChI=1S/C22H23BN4O3/c1-14-10-16-18(23(28)29)8-5-9-20(16)27(14)22-25-19-13-30-12-17(19)21(26-22)24-11-15-6-3-2-4-7-15/h2-9,14,28-29H,10-13H2,1H3,(H,24,25,26). The molecule has 0 aliphatic carbocycles. The summed E-state index contributed by atoms with van der Waals surface area (Å²) in [5.41, 5.74) is 5.46. The van der Waals surface area contributed by atoms with Crippen LogP contribution in [-0.4, -0.2) is 33.2 Å². The molecule has 2 aromatic carbocycles. The van der Waals surface area contributed by atoms with Gasteiger partial charge in [0.2, 0.25) is 5.95 Å². The highest BCUT2D eigenvalue weighted by molar-refractivity contribution is 6.59. The van der Waals surface area contributed by atoms with Crippen LogP contribution in [0.25, 0.3) is 0 Å². The first kappa shape index (κ1) is 19.1. The van der Waals surface area contributed by atoms with Crippen LogP contribution in [0.4, 0.5) is 17.5 Å². The number of benzene rings is 2. The topological polar surface area (TPSA) is 90.7 Å². The Bertz CT molecular complexity index is 1080. The molecule has 0 saturated heterocycles. The summed E-state index contributed by atoms with van der Waals surface area (Å²) in [7, 11) is -1.50. The molecule has 0 amide bonds. The van der Waals surface area contributed by atoms with Crippen molar-refractivity contribution >= 4 is 30.0 Å². The molecule has 0 saturated carbocycles. The number of hydrogen-bond acceptors (Lipinski definition) is 7. The number of ether oxygens (including phenoxy) is 1. The van der Waals surface area contributed by atoms with Gasteiger partial charge in [-0.05, 0) is 36.0 Å². The predicted molar refractivity (Wildman–Crippen MR) is 116 cm³/mol. The van der Waals surface area contributed by atoms with Crippen LogP contribution in [0.5, 0.6) is 0 Å². The molecule has 3 N–H and O–H groups in total. The van der Waals surface area contributed by atoms with E-state index in [1.807, 2.05) is 30.3 Å². The predicted octanol–water partition coefficient (Wildman–Crippen LogP) is 1.88. The van der Waals surface area contributed by atoms with Gasteiger partial charge in [-0.1, -0.05) is 42.5 Å². The van der Waals surface area contributed by atoms with Crippen molar-refractivity contribution in [2.24, 2.45) is 0 Å². The van der Waals surface area contributed by atoms with Gasteiger partial charge in [0.1, 0.15) is 5.82 Å². The molecule has 0 radical (unpaired) electrons. The van der Waals surface area contributed by atoms with Gasteiger partial charge in [0.15, 0.2) is 0 Å². The molecule has 1 unspecified atom stereocenters. The second-order valence-electron chi connectivity index (χ2n) is 7.77. The van der Waals surface area contributed by atoms with E-state index in [-0.39, 0.29) is 6.04 Å². The lowest BCUT2D eigenvalue weighted by Gasteiger charge is -2.24. The number of nitrogens with zero attached hydrogens (tertiary/aromatic N) is 3. The van der Waals surface area contributed by atoms with Crippen molar-refractivity contribution in [3.05, 3.63) is 70.9 Å². The zero-order valence-electron chi connectivity index (χ0n) is 16.7. The normalized spacial score (nSPS) is 17.0. The zero-order valence-corrected chi connectivity index (χ0v) is 16.7. The largest absolute Gasteiger partial charge is 0.488 e. The SMILES string of the molecule is CC1Cc2c(B(O)O)cccc2N1c1nc2c(c(NCc3ccccc3)n1)COC2. The number of anilines is 3. The Hall–Kier alpha value is -2.94. The molecule has 1 aromatic heterocycles. The lowest BCUT2D eigenvalue weighted by Crippen LogP contribution is -2.32. The Morgan fingerprint density at radius 3 is 2.70 bits per heavy atom. The fourth-order valence-electron chi connectivity index (χ4n) is 4.28. The minimum absolute atomic E-state index is 0.0993. The molecule has 30 heavy (non-hydrogen) atoms. The molecule has 7 nitrogen and oxygen atoms in total. The van der Waals surface area contributed by atoms with Crippen LogP contribution >= 0.6 is 0 Å². The molecule has 8 heteroatoms. The van der Waals surface area contributed by atoms with E-state index in [2.05, 4.69) is 29.3 Å². The van der Waals surface area contributed by atoms with E-state index in [1.165, 1.54) is 5.56 Å². The average Bonchev–Trinajstić information content (AvgIpc) is 3.35. The molecule has 3 heterocycles. The van der Waals surface area contributed by atoms with E-state index >= 15 is 0 Å². The number of fused-ring (bicyclic) bond motifs is 2. The molecule has 5 rings (SSSR count). The van der Waals surface area contributed by atoms with Gasteiger partial charge >= 0.3 is 7.12 Å². The van der Waals surface area contributed by atoms with E-state index in [9.17, 15) is 10.0 Å². The van der Waals surface area contributed by atoms with E-state index in [1.54, 1.807) is 6.07 Å². The summed E-state index contributed by atoms with van der Waals surface area (Å²) < 4.78 is 5.65. The number of nitrogens with one attached hydrogen (secondary N) is 1. The molecule has 0 bridgehead atoms. The van der Waals surface area contributed by atoms with Gasteiger partial charge in [0.25, 0.3) is 0 Å². The van der Waals surface area contributed by atoms with Crippen molar-refractivity contribution in [2.45, 2.75) is 39.1 Å². The monoisotopic (exact) mass is 402 g/mol. The van der Waals surface area contributed by atoms with Gasteiger partial charge in [-0.3, -0.25) is 0 Å². The van der Waals surface area contributed by atoms with Crippen molar-refractivity contribution in [2.75, 3.05) is 10.2 Å². The Morgan fingerprint density at radius 1 is 1.07 bits per heavy atom. The summed E-state index contributed by atoms with van der Waals surface area (Å²) in [4.78, 5) is 11.7. The quantitative estimate of drug-likeness (QED) is 0.562. The van der Waals surface area contributed by atoms with Crippen molar-refractivity contribution < 1.29 is 14.8 Å². The van der Waals surface area contributed by atoms with Crippen LogP contribution < -0.4 is 15.7 Å². The molecular weight excluding hydrogens is 379 g/mol. The van der Waals surface area contributed by atoms with Crippen LogP contribution in [0.15, 0.2) is 48.5 Å². The van der Waals surface area contributed by atoms with Gasteiger partial charge in [-0.2, -0.15) is 4.98 Å². The second kappa shape index (κ2) is 7.72. The molecule has 1 atom stereocenters. The second-order valence-corrected chi connectivity index (χ2v) is 7.77. The van der Waals surface area contributed by atoms with Crippen LogP contribution in [0, 0.1) is 0 Å². The third kappa shape index (κ3) is 3.33. The smallest absolute Gasteiger partial charge is 0.423 e. The third-order valence-corrected chi connectivity index (χ3v) is 5.75. The third-order valence-electron chi connectivity index (χ3n) is 5.75. The first-order valence-electron chi connectivity index (χ1n) is 10.1. The fraction of sp³-hybridized carbons (Fsp3) is 0.273. The van der Waals surface area contributed by atoms with E-state index < -0.39 is 7.12 Å². The van der Waals surface area contributed by atoms with Crippen LogP contribution in [0.2, 0.25) is 0 Å². The minimum atomic E-state index is -1.50. The first-order valence-corrected chi connectivity index (χ1v) is 10.1. The van der Waals surface area contributed by atoms with Crippen molar-refractivity contribution in [3.63, 3.8) is 0 Å². The lowest BCUT2D eigenvalue weighted by molar-refractivity contribution is 0.133. The maximum absolute atomic E-state index is 9.76.